The summed E-state index contributed by atoms with van der Waals surface area (Å²) in [6, 6.07) is 6.65. The van der Waals surface area contributed by atoms with Gasteiger partial charge in [0, 0.05) is 25.5 Å². The van der Waals surface area contributed by atoms with E-state index in [1.54, 1.807) is 26.4 Å². The highest BCUT2D eigenvalue weighted by Crippen LogP contribution is 2.16. The minimum atomic E-state index is -0.522. The van der Waals surface area contributed by atoms with E-state index >= 15 is 0 Å². The number of ether oxygens (including phenoxy) is 2. The smallest absolute Gasteiger partial charge is 0.241 e. The molecular formula is C13H20N2O3. The first-order valence-corrected chi connectivity index (χ1v) is 5.87. The Morgan fingerprint density at radius 1 is 1.44 bits per heavy atom. The van der Waals surface area contributed by atoms with Crippen molar-refractivity contribution in [2.45, 2.75) is 18.9 Å². The molecule has 18 heavy (non-hydrogen) atoms. The fraction of sp³-hybridized carbons (Fsp3) is 0.462. The maximum atomic E-state index is 11.8. The van der Waals surface area contributed by atoms with Crippen molar-refractivity contribution < 1.29 is 14.3 Å². The van der Waals surface area contributed by atoms with Crippen LogP contribution in [-0.4, -0.2) is 32.8 Å². The molecule has 5 heteroatoms. The van der Waals surface area contributed by atoms with E-state index in [2.05, 4.69) is 5.32 Å². The minimum Gasteiger partial charge on any atom is -0.497 e. The number of carbonyl (C=O) groups excluding carboxylic acids is 1. The van der Waals surface area contributed by atoms with Crippen molar-refractivity contribution in [3.8, 4) is 5.75 Å². The van der Waals surface area contributed by atoms with E-state index in [1.165, 1.54) is 0 Å². The average Bonchev–Trinajstić information content (AvgIpc) is 2.39. The Morgan fingerprint density at radius 3 is 2.89 bits per heavy atom. The molecule has 0 radical (unpaired) electrons. The summed E-state index contributed by atoms with van der Waals surface area (Å²) in [5, 5.41) is 2.76. The Kier molecular flexibility index (Phi) is 6.18. The topological polar surface area (TPSA) is 73.6 Å². The number of nitrogens with two attached hydrogens (primary N) is 1. The molecule has 1 rings (SSSR count). The Bertz CT molecular complexity index is 382. The number of anilines is 1. The minimum absolute atomic E-state index is 0.195. The van der Waals surface area contributed by atoms with E-state index in [0.717, 1.165) is 6.42 Å². The van der Waals surface area contributed by atoms with Gasteiger partial charge in [0.1, 0.15) is 5.75 Å². The third kappa shape index (κ3) is 4.73. The normalized spacial score (nSPS) is 11.9. The highest BCUT2D eigenvalue weighted by Gasteiger charge is 2.13. The molecule has 1 atom stereocenters. The van der Waals surface area contributed by atoms with E-state index in [0.29, 0.717) is 24.5 Å². The molecule has 0 saturated carbocycles. The second-order valence-corrected chi connectivity index (χ2v) is 3.96. The summed E-state index contributed by atoms with van der Waals surface area (Å²) in [6.45, 7) is 0.611. The van der Waals surface area contributed by atoms with E-state index in [1.807, 2.05) is 12.1 Å². The van der Waals surface area contributed by atoms with Crippen LogP contribution in [0.1, 0.15) is 12.8 Å². The zero-order valence-electron chi connectivity index (χ0n) is 10.8. The van der Waals surface area contributed by atoms with Gasteiger partial charge in [0.25, 0.3) is 0 Å². The summed E-state index contributed by atoms with van der Waals surface area (Å²) in [6.07, 6.45) is 1.37. The summed E-state index contributed by atoms with van der Waals surface area (Å²) in [5.41, 5.74) is 6.46. The Labute approximate surface area is 107 Å². The molecule has 0 bridgehead atoms. The zero-order chi connectivity index (χ0) is 13.4. The van der Waals surface area contributed by atoms with Crippen molar-refractivity contribution in [2.24, 2.45) is 5.73 Å². The lowest BCUT2D eigenvalue weighted by atomic mass is 10.1. The van der Waals surface area contributed by atoms with Crippen LogP contribution in [-0.2, 0) is 9.53 Å². The largest absolute Gasteiger partial charge is 0.497 e. The van der Waals surface area contributed by atoms with E-state index in [-0.39, 0.29) is 5.91 Å². The second-order valence-electron chi connectivity index (χ2n) is 3.96. The molecule has 1 unspecified atom stereocenters. The molecule has 1 amide bonds. The van der Waals surface area contributed by atoms with E-state index < -0.39 is 6.04 Å². The van der Waals surface area contributed by atoms with Crippen LogP contribution >= 0.6 is 0 Å². The van der Waals surface area contributed by atoms with Crippen molar-refractivity contribution in [1.82, 2.24) is 0 Å². The van der Waals surface area contributed by atoms with Gasteiger partial charge in [-0.05, 0) is 25.0 Å². The number of methoxy groups -OCH3 is 2. The summed E-state index contributed by atoms with van der Waals surface area (Å²) in [5.74, 6) is 0.500. The standard InChI is InChI=1S/C13H20N2O3/c1-17-8-4-7-12(14)13(16)15-10-5-3-6-11(9-10)18-2/h3,5-6,9,12H,4,7-8,14H2,1-2H3,(H,15,16). The third-order valence-corrected chi connectivity index (χ3v) is 2.54. The quantitative estimate of drug-likeness (QED) is 0.719. The van der Waals surface area contributed by atoms with Gasteiger partial charge >= 0.3 is 0 Å². The molecule has 1 aromatic carbocycles. The SMILES string of the molecule is COCCCC(N)C(=O)Nc1cccc(OC)c1. The molecule has 1 aromatic rings. The van der Waals surface area contributed by atoms with Gasteiger partial charge in [0.2, 0.25) is 5.91 Å². The first kappa shape index (κ1) is 14.5. The fourth-order valence-corrected chi connectivity index (χ4v) is 1.51. The first-order valence-electron chi connectivity index (χ1n) is 5.87. The van der Waals surface area contributed by atoms with E-state index in [4.69, 9.17) is 15.2 Å². The van der Waals surface area contributed by atoms with Gasteiger partial charge in [-0.3, -0.25) is 4.79 Å². The highest BCUT2D eigenvalue weighted by atomic mass is 16.5. The Balaban J connectivity index is 2.47. The molecule has 5 nitrogen and oxygen atoms in total. The molecule has 100 valence electrons. The number of hydrogen-bond donors (Lipinski definition) is 2. The van der Waals surface area contributed by atoms with Crippen LogP contribution in [0, 0.1) is 0 Å². The summed E-state index contributed by atoms with van der Waals surface area (Å²) >= 11 is 0. The van der Waals surface area contributed by atoms with Gasteiger partial charge in [0.15, 0.2) is 0 Å². The molecule has 0 aliphatic rings. The first-order chi connectivity index (χ1) is 8.67. The predicted molar refractivity (Wildman–Crippen MR) is 70.7 cm³/mol. The molecule has 0 spiro atoms. The number of nitrogens with one attached hydrogen (secondary N) is 1. The number of rotatable bonds is 7. The van der Waals surface area contributed by atoms with Crippen LogP contribution in [0.5, 0.6) is 5.75 Å². The Morgan fingerprint density at radius 2 is 2.22 bits per heavy atom. The van der Waals surface area contributed by atoms with Gasteiger partial charge in [-0.1, -0.05) is 6.07 Å². The van der Waals surface area contributed by atoms with Gasteiger partial charge in [-0.2, -0.15) is 0 Å². The molecule has 0 saturated heterocycles. The number of carbonyl (C=O) groups is 1. The van der Waals surface area contributed by atoms with Crippen LogP contribution < -0.4 is 15.8 Å². The maximum absolute atomic E-state index is 11.8. The molecule has 3 N–H and O–H groups in total. The van der Waals surface area contributed by atoms with Crippen LogP contribution in [0.4, 0.5) is 5.69 Å². The van der Waals surface area contributed by atoms with Crippen LogP contribution in [0.3, 0.4) is 0 Å². The second kappa shape index (κ2) is 7.68. The molecule has 0 fully saturated rings. The van der Waals surface area contributed by atoms with Crippen LogP contribution in [0.2, 0.25) is 0 Å². The molecule has 0 heterocycles. The van der Waals surface area contributed by atoms with Crippen molar-refractivity contribution in [2.75, 3.05) is 26.1 Å². The third-order valence-electron chi connectivity index (χ3n) is 2.54. The lowest BCUT2D eigenvalue weighted by Crippen LogP contribution is -2.35. The van der Waals surface area contributed by atoms with E-state index in [9.17, 15) is 4.79 Å². The van der Waals surface area contributed by atoms with Gasteiger partial charge in [-0.25, -0.2) is 0 Å². The molecule has 0 aliphatic heterocycles. The average molecular weight is 252 g/mol. The van der Waals surface area contributed by atoms with Crippen molar-refractivity contribution in [1.29, 1.82) is 0 Å². The Hall–Kier alpha value is -1.59. The van der Waals surface area contributed by atoms with Crippen molar-refractivity contribution in [3.63, 3.8) is 0 Å². The number of hydrogen-bond acceptors (Lipinski definition) is 4. The monoisotopic (exact) mass is 252 g/mol. The predicted octanol–water partition coefficient (Wildman–Crippen LogP) is 1.39. The molecule has 0 aliphatic carbocycles. The van der Waals surface area contributed by atoms with Crippen molar-refractivity contribution in [3.05, 3.63) is 24.3 Å². The molecule has 0 aromatic heterocycles. The van der Waals surface area contributed by atoms with Gasteiger partial charge in [0.05, 0.1) is 13.2 Å². The molecular weight excluding hydrogens is 232 g/mol. The summed E-state index contributed by atoms with van der Waals surface area (Å²) in [4.78, 5) is 11.8. The van der Waals surface area contributed by atoms with Crippen molar-refractivity contribution >= 4 is 11.6 Å². The van der Waals surface area contributed by atoms with Crippen LogP contribution in [0.25, 0.3) is 0 Å². The number of amides is 1. The summed E-state index contributed by atoms with van der Waals surface area (Å²) < 4.78 is 9.99. The van der Waals surface area contributed by atoms with Gasteiger partial charge < -0.3 is 20.5 Å². The number of benzene rings is 1. The van der Waals surface area contributed by atoms with Crippen LogP contribution in [0.15, 0.2) is 24.3 Å². The highest BCUT2D eigenvalue weighted by molar-refractivity contribution is 5.94. The maximum Gasteiger partial charge on any atom is 0.241 e. The fourth-order valence-electron chi connectivity index (χ4n) is 1.51. The zero-order valence-corrected chi connectivity index (χ0v) is 10.8. The lowest BCUT2D eigenvalue weighted by molar-refractivity contribution is -0.117. The van der Waals surface area contributed by atoms with Gasteiger partial charge in [-0.15, -0.1) is 0 Å². The lowest BCUT2D eigenvalue weighted by Gasteiger charge is -2.12. The summed E-state index contributed by atoms with van der Waals surface area (Å²) in [7, 11) is 3.21.